The molecule has 0 unspecified atom stereocenters. The summed E-state index contributed by atoms with van der Waals surface area (Å²) in [5, 5.41) is 0.841. The monoisotopic (exact) mass is 305 g/mol. The fourth-order valence-corrected chi connectivity index (χ4v) is 3.25. The first kappa shape index (κ1) is 15.1. The number of hydrogen-bond acceptors (Lipinski definition) is 3. The number of hydrogen-bond donors (Lipinski definition) is 0. The molecule has 3 rings (SSSR count). The number of alkyl halides is 2. The normalized spacial score (nSPS) is 22.2. The van der Waals surface area contributed by atoms with Gasteiger partial charge in [-0.25, -0.2) is 18.7 Å². The summed E-state index contributed by atoms with van der Waals surface area (Å²) in [6.45, 7) is 2.27. The lowest BCUT2D eigenvalue weighted by Crippen LogP contribution is -2.35. The van der Waals surface area contributed by atoms with E-state index in [9.17, 15) is 8.78 Å². The average Bonchev–Trinajstić information content (AvgIpc) is 2.53. The second-order valence-electron chi connectivity index (χ2n) is 6.25. The maximum Gasteiger partial charge on any atom is 0.297 e. The molecule has 0 saturated heterocycles. The Morgan fingerprint density at radius 2 is 1.77 bits per heavy atom. The minimum Gasteiger partial charge on any atom is -0.356 e. The number of anilines is 1. The quantitative estimate of drug-likeness (QED) is 0.831. The maximum atomic E-state index is 13.1. The molecule has 1 fully saturated rings. The van der Waals surface area contributed by atoms with E-state index >= 15 is 0 Å². The molecule has 0 atom stereocenters. The van der Waals surface area contributed by atoms with Gasteiger partial charge in [-0.2, -0.15) is 0 Å². The van der Waals surface area contributed by atoms with Crippen LogP contribution in [-0.4, -0.2) is 23.1 Å². The van der Waals surface area contributed by atoms with Gasteiger partial charge >= 0.3 is 0 Å². The van der Waals surface area contributed by atoms with Gasteiger partial charge in [0.2, 0.25) is 0 Å². The maximum absolute atomic E-state index is 13.1. The molecule has 118 valence electrons. The zero-order valence-corrected chi connectivity index (χ0v) is 13.0. The SMILES string of the molecule is CC1CCC(N(C)c2nc(C(F)F)nc3ccccc23)CC1. The van der Waals surface area contributed by atoms with Crippen molar-refractivity contribution in [2.24, 2.45) is 5.92 Å². The van der Waals surface area contributed by atoms with Crippen LogP contribution >= 0.6 is 0 Å². The Bertz CT molecular complexity index is 651. The molecule has 0 spiro atoms. The molecule has 5 heteroatoms. The van der Waals surface area contributed by atoms with Gasteiger partial charge in [0.25, 0.3) is 6.43 Å². The second kappa shape index (κ2) is 6.15. The van der Waals surface area contributed by atoms with Gasteiger partial charge in [-0.05, 0) is 43.7 Å². The van der Waals surface area contributed by atoms with Crippen LogP contribution in [-0.2, 0) is 0 Å². The predicted octanol–water partition coefficient (Wildman–Crippen LogP) is 4.58. The average molecular weight is 305 g/mol. The summed E-state index contributed by atoms with van der Waals surface area (Å²) in [6, 6.07) is 7.75. The third-order valence-electron chi connectivity index (χ3n) is 4.66. The zero-order valence-electron chi connectivity index (χ0n) is 13.0. The molecule has 0 amide bonds. The van der Waals surface area contributed by atoms with Crippen molar-refractivity contribution in [1.29, 1.82) is 0 Å². The lowest BCUT2D eigenvalue weighted by Gasteiger charge is -2.35. The van der Waals surface area contributed by atoms with E-state index in [1.807, 2.05) is 25.2 Å². The third-order valence-corrected chi connectivity index (χ3v) is 4.66. The van der Waals surface area contributed by atoms with E-state index in [2.05, 4.69) is 21.8 Å². The first-order valence-corrected chi connectivity index (χ1v) is 7.84. The van der Waals surface area contributed by atoms with E-state index in [4.69, 9.17) is 0 Å². The molecule has 0 N–H and O–H groups in total. The summed E-state index contributed by atoms with van der Waals surface area (Å²) in [6.07, 6.45) is 1.88. The van der Waals surface area contributed by atoms with Gasteiger partial charge in [0, 0.05) is 18.5 Å². The molecule has 1 aliphatic rings. The Morgan fingerprint density at radius 1 is 1.09 bits per heavy atom. The Kier molecular flexibility index (Phi) is 4.23. The van der Waals surface area contributed by atoms with Gasteiger partial charge in [-0.3, -0.25) is 0 Å². The van der Waals surface area contributed by atoms with Crippen molar-refractivity contribution in [2.75, 3.05) is 11.9 Å². The highest BCUT2D eigenvalue weighted by Crippen LogP contribution is 2.32. The van der Waals surface area contributed by atoms with Crippen LogP contribution in [0.15, 0.2) is 24.3 Å². The largest absolute Gasteiger partial charge is 0.356 e. The molecular weight excluding hydrogens is 284 g/mol. The van der Waals surface area contributed by atoms with Crippen LogP contribution in [0, 0.1) is 5.92 Å². The van der Waals surface area contributed by atoms with Crippen LogP contribution in [0.3, 0.4) is 0 Å². The van der Waals surface area contributed by atoms with Crippen LogP contribution in [0.4, 0.5) is 14.6 Å². The lowest BCUT2D eigenvalue weighted by molar-refractivity contribution is 0.141. The summed E-state index contributed by atoms with van der Waals surface area (Å²) in [5.74, 6) is 0.994. The summed E-state index contributed by atoms with van der Waals surface area (Å²) in [4.78, 5) is 10.2. The van der Waals surface area contributed by atoms with Gasteiger partial charge in [0.05, 0.1) is 5.52 Å². The number of aromatic nitrogens is 2. The van der Waals surface area contributed by atoms with Crippen LogP contribution in [0.2, 0.25) is 0 Å². The molecule has 0 aliphatic heterocycles. The van der Waals surface area contributed by atoms with Crippen molar-refractivity contribution < 1.29 is 8.78 Å². The first-order valence-electron chi connectivity index (χ1n) is 7.84. The van der Waals surface area contributed by atoms with Gasteiger partial charge in [0.1, 0.15) is 5.82 Å². The highest BCUT2D eigenvalue weighted by Gasteiger charge is 2.25. The molecule has 0 bridgehead atoms. The summed E-state index contributed by atoms with van der Waals surface area (Å²) >= 11 is 0. The highest BCUT2D eigenvalue weighted by molar-refractivity contribution is 5.89. The number of halogens is 2. The Hall–Kier alpha value is -1.78. The Balaban J connectivity index is 2.00. The van der Waals surface area contributed by atoms with Gasteiger partial charge in [0.15, 0.2) is 5.82 Å². The minimum atomic E-state index is -2.65. The van der Waals surface area contributed by atoms with E-state index in [1.54, 1.807) is 6.07 Å². The summed E-state index contributed by atoms with van der Waals surface area (Å²) < 4.78 is 26.2. The Morgan fingerprint density at radius 3 is 2.45 bits per heavy atom. The predicted molar refractivity (Wildman–Crippen MR) is 84.3 cm³/mol. The van der Waals surface area contributed by atoms with Gasteiger partial charge < -0.3 is 4.90 Å². The third kappa shape index (κ3) is 2.89. The van der Waals surface area contributed by atoms with E-state index in [0.29, 0.717) is 17.4 Å². The number of rotatable bonds is 3. The highest BCUT2D eigenvalue weighted by atomic mass is 19.3. The zero-order chi connectivity index (χ0) is 15.7. The van der Waals surface area contributed by atoms with Crippen LogP contribution in [0.25, 0.3) is 10.9 Å². The van der Waals surface area contributed by atoms with Crippen molar-refractivity contribution in [3.05, 3.63) is 30.1 Å². The van der Waals surface area contributed by atoms with Gasteiger partial charge in [-0.1, -0.05) is 19.1 Å². The van der Waals surface area contributed by atoms with Crippen molar-refractivity contribution in [2.45, 2.75) is 45.1 Å². The molecule has 1 aromatic heterocycles. The first-order chi connectivity index (χ1) is 10.6. The molecule has 1 heterocycles. The standard InChI is InChI=1S/C17H21F2N3/c1-11-7-9-12(10-8-11)22(2)17-13-5-3-4-6-14(13)20-16(21-17)15(18)19/h3-6,11-12,15H,7-10H2,1-2H3. The van der Waals surface area contributed by atoms with Crippen molar-refractivity contribution in [1.82, 2.24) is 9.97 Å². The van der Waals surface area contributed by atoms with Gasteiger partial charge in [-0.15, -0.1) is 0 Å². The molecule has 2 aromatic rings. The van der Waals surface area contributed by atoms with E-state index in [1.165, 1.54) is 12.8 Å². The van der Waals surface area contributed by atoms with Crippen LogP contribution in [0.5, 0.6) is 0 Å². The second-order valence-corrected chi connectivity index (χ2v) is 6.25. The minimum absolute atomic E-state index is 0.361. The molecule has 3 nitrogen and oxygen atoms in total. The molecular formula is C17H21F2N3. The lowest BCUT2D eigenvalue weighted by atomic mass is 9.86. The molecule has 22 heavy (non-hydrogen) atoms. The Labute approximate surface area is 129 Å². The molecule has 1 saturated carbocycles. The number of fused-ring (bicyclic) bond motifs is 1. The van der Waals surface area contributed by atoms with Crippen molar-refractivity contribution >= 4 is 16.7 Å². The molecule has 0 radical (unpaired) electrons. The fourth-order valence-electron chi connectivity index (χ4n) is 3.25. The number of nitrogens with zero attached hydrogens (tertiary/aromatic N) is 3. The summed E-state index contributed by atoms with van der Waals surface area (Å²) in [5.41, 5.74) is 0.582. The smallest absolute Gasteiger partial charge is 0.297 e. The van der Waals surface area contributed by atoms with Crippen LogP contribution < -0.4 is 4.90 Å². The summed E-state index contributed by atoms with van der Waals surface area (Å²) in [7, 11) is 1.96. The number of benzene rings is 1. The topological polar surface area (TPSA) is 29.0 Å². The van der Waals surface area contributed by atoms with Crippen molar-refractivity contribution in [3.63, 3.8) is 0 Å². The van der Waals surface area contributed by atoms with E-state index in [0.717, 1.165) is 24.1 Å². The van der Waals surface area contributed by atoms with Crippen LogP contribution in [0.1, 0.15) is 44.9 Å². The van der Waals surface area contributed by atoms with E-state index < -0.39 is 6.43 Å². The van der Waals surface area contributed by atoms with E-state index in [-0.39, 0.29) is 5.82 Å². The van der Waals surface area contributed by atoms with Crippen molar-refractivity contribution in [3.8, 4) is 0 Å². The fraction of sp³-hybridized carbons (Fsp3) is 0.529. The molecule has 1 aliphatic carbocycles. The molecule has 1 aromatic carbocycles. The number of para-hydroxylation sites is 1.